The van der Waals surface area contributed by atoms with Crippen molar-refractivity contribution in [1.82, 2.24) is 0 Å². The first-order valence-corrected chi connectivity index (χ1v) is 5.18. The Kier molecular flexibility index (Phi) is 4.32. The quantitative estimate of drug-likeness (QED) is 0.757. The molecule has 0 aromatic carbocycles. The van der Waals surface area contributed by atoms with Gasteiger partial charge in [0, 0.05) is 0 Å². The molecule has 0 saturated carbocycles. The smallest absolute Gasteiger partial charge is 0.412 e. The molecule has 0 unspecified atom stereocenters. The Morgan fingerprint density at radius 3 is 3.15 bits per heavy atom. The van der Waals surface area contributed by atoms with Crippen LogP contribution in [0.2, 0.25) is 0 Å². The van der Waals surface area contributed by atoms with Crippen molar-refractivity contribution in [3.05, 3.63) is 17.5 Å². The summed E-state index contributed by atoms with van der Waals surface area (Å²) in [6, 6.07) is 3.72. The van der Waals surface area contributed by atoms with Crippen LogP contribution in [-0.4, -0.2) is 12.7 Å². The van der Waals surface area contributed by atoms with E-state index >= 15 is 0 Å². The number of hydrogen-bond acceptors (Lipinski definition) is 3. The van der Waals surface area contributed by atoms with E-state index in [1.165, 1.54) is 11.3 Å². The molecule has 0 spiro atoms. The van der Waals surface area contributed by atoms with Crippen molar-refractivity contribution in [3.63, 3.8) is 0 Å². The summed E-state index contributed by atoms with van der Waals surface area (Å²) in [5.74, 6) is 0. The summed E-state index contributed by atoms with van der Waals surface area (Å²) in [7, 11) is 0. The number of unbranched alkanes of at least 4 members (excludes halogenated alkanes) is 1. The Labute approximate surface area is 81.7 Å². The van der Waals surface area contributed by atoms with Gasteiger partial charge in [-0.25, -0.2) is 4.79 Å². The maximum absolute atomic E-state index is 11.1. The fourth-order valence-electron chi connectivity index (χ4n) is 0.796. The second-order valence-corrected chi connectivity index (χ2v) is 3.54. The molecule has 72 valence electrons. The minimum atomic E-state index is -0.365. The Hall–Kier alpha value is -1.03. The van der Waals surface area contributed by atoms with E-state index in [9.17, 15) is 4.79 Å². The predicted molar refractivity (Wildman–Crippen MR) is 54.2 cm³/mol. The average Bonchev–Trinajstić information content (AvgIpc) is 2.57. The molecule has 1 rings (SSSR count). The van der Waals surface area contributed by atoms with Gasteiger partial charge in [0.25, 0.3) is 0 Å². The van der Waals surface area contributed by atoms with Gasteiger partial charge in [-0.1, -0.05) is 13.3 Å². The minimum absolute atomic E-state index is 0.365. The van der Waals surface area contributed by atoms with Crippen LogP contribution in [0.15, 0.2) is 17.5 Å². The number of thiophene rings is 1. The van der Waals surface area contributed by atoms with Crippen molar-refractivity contribution in [3.8, 4) is 0 Å². The summed E-state index contributed by atoms with van der Waals surface area (Å²) in [6.07, 6.45) is 1.58. The van der Waals surface area contributed by atoms with Gasteiger partial charge in [0.1, 0.15) is 0 Å². The summed E-state index contributed by atoms with van der Waals surface area (Å²) < 4.78 is 4.91. The molecule has 3 nitrogen and oxygen atoms in total. The molecule has 1 N–H and O–H groups in total. The number of hydrogen-bond donors (Lipinski definition) is 1. The van der Waals surface area contributed by atoms with Crippen LogP contribution in [-0.2, 0) is 4.74 Å². The van der Waals surface area contributed by atoms with Crippen LogP contribution in [0.5, 0.6) is 0 Å². The lowest BCUT2D eigenvalue weighted by atomic mass is 10.4. The van der Waals surface area contributed by atoms with Crippen molar-refractivity contribution in [1.29, 1.82) is 0 Å². The summed E-state index contributed by atoms with van der Waals surface area (Å²) in [6.45, 7) is 2.55. The van der Waals surface area contributed by atoms with Crippen LogP contribution in [0.3, 0.4) is 0 Å². The number of anilines is 1. The van der Waals surface area contributed by atoms with E-state index in [0.717, 1.165) is 17.8 Å². The molecule has 0 aliphatic carbocycles. The number of ether oxygens (including phenoxy) is 1. The highest BCUT2D eigenvalue weighted by Gasteiger charge is 2.01. The molecule has 0 aliphatic rings. The highest BCUT2D eigenvalue weighted by atomic mass is 32.1. The molecule has 13 heavy (non-hydrogen) atoms. The molecule has 1 aromatic heterocycles. The van der Waals surface area contributed by atoms with Crippen LogP contribution >= 0.6 is 11.3 Å². The largest absolute Gasteiger partial charge is 0.449 e. The Balaban J connectivity index is 2.18. The molecule has 0 atom stereocenters. The lowest BCUT2D eigenvalue weighted by Gasteiger charge is -2.03. The van der Waals surface area contributed by atoms with E-state index in [-0.39, 0.29) is 6.09 Å². The molecular formula is C9H13NO2S. The second-order valence-electron chi connectivity index (χ2n) is 2.59. The molecule has 0 aliphatic heterocycles. The summed E-state index contributed by atoms with van der Waals surface area (Å²) >= 11 is 1.48. The lowest BCUT2D eigenvalue weighted by Crippen LogP contribution is -2.13. The number of rotatable bonds is 4. The highest BCUT2D eigenvalue weighted by Crippen LogP contribution is 2.14. The molecule has 1 heterocycles. The van der Waals surface area contributed by atoms with Crippen LogP contribution in [0.4, 0.5) is 9.80 Å². The maximum atomic E-state index is 11.1. The first kappa shape index (κ1) is 10.1. The third kappa shape index (κ3) is 3.94. The standard InChI is InChI=1S/C9H13NO2S/c1-2-3-6-12-9(11)10-8-5-4-7-13-8/h4-5,7H,2-3,6H2,1H3,(H,10,11). The van der Waals surface area contributed by atoms with Crippen molar-refractivity contribution >= 4 is 22.4 Å². The predicted octanol–water partition coefficient (Wildman–Crippen LogP) is 3.10. The van der Waals surface area contributed by atoms with E-state index in [1.54, 1.807) is 0 Å². The lowest BCUT2D eigenvalue weighted by molar-refractivity contribution is 0.160. The van der Waals surface area contributed by atoms with Gasteiger partial charge in [-0.15, -0.1) is 11.3 Å². The number of carbonyl (C=O) groups is 1. The fraction of sp³-hybridized carbons (Fsp3) is 0.444. The van der Waals surface area contributed by atoms with Crippen molar-refractivity contribution in [2.45, 2.75) is 19.8 Å². The summed E-state index contributed by atoms with van der Waals surface area (Å²) in [5, 5.41) is 5.36. The first-order valence-electron chi connectivity index (χ1n) is 4.30. The third-order valence-corrected chi connectivity index (χ3v) is 2.26. The number of nitrogens with one attached hydrogen (secondary N) is 1. The molecule has 0 bridgehead atoms. The van der Waals surface area contributed by atoms with Gasteiger partial charge in [-0.2, -0.15) is 0 Å². The monoisotopic (exact) mass is 199 g/mol. The van der Waals surface area contributed by atoms with E-state index in [1.807, 2.05) is 17.5 Å². The average molecular weight is 199 g/mol. The van der Waals surface area contributed by atoms with E-state index in [4.69, 9.17) is 4.74 Å². The molecule has 0 fully saturated rings. The zero-order valence-corrected chi connectivity index (χ0v) is 8.39. The zero-order valence-electron chi connectivity index (χ0n) is 7.58. The summed E-state index contributed by atoms with van der Waals surface area (Å²) in [5.41, 5.74) is 0. The van der Waals surface area contributed by atoms with Gasteiger partial charge in [-0.3, -0.25) is 5.32 Å². The van der Waals surface area contributed by atoms with E-state index < -0.39 is 0 Å². The van der Waals surface area contributed by atoms with Crippen molar-refractivity contribution < 1.29 is 9.53 Å². The van der Waals surface area contributed by atoms with E-state index in [2.05, 4.69) is 12.2 Å². The van der Waals surface area contributed by atoms with Gasteiger partial charge >= 0.3 is 6.09 Å². The molecule has 0 saturated heterocycles. The molecule has 4 heteroatoms. The van der Waals surface area contributed by atoms with Gasteiger partial charge in [0.05, 0.1) is 11.6 Å². The normalized spacial score (nSPS) is 9.62. The second kappa shape index (κ2) is 5.59. The summed E-state index contributed by atoms with van der Waals surface area (Å²) in [4.78, 5) is 11.1. The van der Waals surface area contributed by atoms with Crippen LogP contribution < -0.4 is 5.32 Å². The number of carbonyl (C=O) groups excluding carboxylic acids is 1. The van der Waals surface area contributed by atoms with Gasteiger partial charge < -0.3 is 4.74 Å². The van der Waals surface area contributed by atoms with Gasteiger partial charge in [-0.05, 0) is 23.9 Å². The van der Waals surface area contributed by atoms with Crippen molar-refractivity contribution in [2.75, 3.05) is 11.9 Å². The molecule has 1 amide bonds. The van der Waals surface area contributed by atoms with Crippen molar-refractivity contribution in [2.24, 2.45) is 0 Å². The molecule has 0 radical (unpaired) electrons. The third-order valence-electron chi connectivity index (χ3n) is 1.48. The number of amides is 1. The molecular weight excluding hydrogens is 186 g/mol. The fourth-order valence-corrected chi connectivity index (χ4v) is 1.40. The maximum Gasteiger partial charge on any atom is 0.412 e. The minimum Gasteiger partial charge on any atom is -0.449 e. The highest BCUT2D eigenvalue weighted by molar-refractivity contribution is 7.14. The van der Waals surface area contributed by atoms with Crippen LogP contribution in [0.1, 0.15) is 19.8 Å². The van der Waals surface area contributed by atoms with Crippen LogP contribution in [0, 0.1) is 0 Å². The SMILES string of the molecule is CCCCOC(=O)Nc1cccs1. The van der Waals surface area contributed by atoms with Crippen LogP contribution in [0.25, 0.3) is 0 Å². The zero-order chi connectivity index (χ0) is 9.52. The van der Waals surface area contributed by atoms with Gasteiger partial charge in [0.2, 0.25) is 0 Å². The van der Waals surface area contributed by atoms with Gasteiger partial charge in [0.15, 0.2) is 0 Å². The Morgan fingerprint density at radius 2 is 2.54 bits per heavy atom. The molecule has 1 aromatic rings. The first-order chi connectivity index (χ1) is 6.33. The van der Waals surface area contributed by atoms with E-state index in [0.29, 0.717) is 6.61 Å². The topological polar surface area (TPSA) is 38.3 Å². The Morgan fingerprint density at radius 1 is 1.69 bits per heavy atom. The Bertz CT molecular complexity index is 246.